The van der Waals surface area contributed by atoms with Gasteiger partial charge in [0.25, 0.3) is 0 Å². The maximum Gasteiger partial charge on any atom is 0.528 e. The van der Waals surface area contributed by atoms with Crippen LogP contribution in [0, 0.1) is 28.9 Å². The highest BCUT2D eigenvalue weighted by molar-refractivity contribution is 5.61. The molecule has 0 radical (unpaired) electrons. The van der Waals surface area contributed by atoms with Gasteiger partial charge in [-0.1, -0.05) is 0 Å². The molecule has 0 saturated carbocycles. The van der Waals surface area contributed by atoms with Gasteiger partial charge in [0, 0.05) is 38.8 Å². The van der Waals surface area contributed by atoms with E-state index in [0.717, 1.165) is 25.0 Å². The first kappa shape index (κ1) is 25.1. The van der Waals surface area contributed by atoms with Crippen molar-refractivity contribution >= 4 is 23.5 Å². The minimum atomic E-state index is -0.820. The van der Waals surface area contributed by atoms with Crippen LogP contribution in [0.25, 0.3) is 0 Å². The Kier molecular flexibility index (Phi) is 7.83. The summed E-state index contributed by atoms with van der Waals surface area (Å²) >= 11 is 0. The molecule has 1 aromatic carbocycles. The number of carbonyl (C=O) groups is 1. The summed E-state index contributed by atoms with van der Waals surface area (Å²) in [5.74, 6) is -0.327. The molecule has 11 heteroatoms. The SMILES string of the molecule is CN(CC1CCN(OC(=O)OC(C)(C)C)CC1)c1cc(Nc2cc(F)c(C#N)cc2F)ncn1. The molecule has 182 valence electrons. The number of anilines is 3. The van der Waals surface area contributed by atoms with Crippen molar-refractivity contribution < 1.29 is 23.1 Å². The summed E-state index contributed by atoms with van der Waals surface area (Å²) < 4.78 is 33.2. The zero-order valence-corrected chi connectivity index (χ0v) is 19.6. The van der Waals surface area contributed by atoms with Crippen molar-refractivity contribution in [3.63, 3.8) is 0 Å². The lowest BCUT2D eigenvalue weighted by molar-refractivity contribution is -0.154. The smallest absolute Gasteiger partial charge is 0.427 e. The van der Waals surface area contributed by atoms with Gasteiger partial charge in [0.2, 0.25) is 0 Å². The van der Waals surface area contributed by atoms with E-state index in [1.54, 1.807) is 38.0 Å². The number of benzene rings is 1. The third-order valence-electron chi connectivity index (χ3n) is 5.18. The molecule has 3 rings (SSSR count). The van der Waals surface area contributed by atoms with Crippen LogP contribution in [0.1, 0.15) is 39.2 Å². The lowest BCUT2D eigenvalue weighted by atomic mass is 9.97. The number of nitrogens with one attached hydrogen (secondary N) is 1. The summed E-state index contributed by atoms with van der Waals surface area (Å²) in [6.45, 7) is 7.24. The van der Waals surface area contributed by atoms with Crippen LogP contribution in [-0.2, 0) is 9.57 Å². The maximum absolute atomic E-state index is 14.2. The van der Waals surface area contributed by atoms with Crippen LogP contribution >= 0.6 is 0 Å². The highest BCUT2D eigenvalue weighted by atomic mass is 19.1. The number of hydroxylamine groups is 2. The molecule has 1 saturated heterocycles. The van der Waals surface area contributed by atoms with Crippen LogP contribution in [0.4, 0.5) is 30.9 Å². The number of rotatable bonds is 6. The van der Waals surface area contributed by atoms with Crippen molar-refractivity contribution in [1.29, 1.82) is 5.26 Å². The first-order valence-electron chi connectivity index (χ1n) is 10.9. The average molecular weight is 475 g/mol. The molecule has 1 fully saturated rings. The van der Waals surface area contributed by atoms with Gasteiger partial charge >= 0.3 is 6.16 Å². The lowest BCUT2D eigenvalue weighted by Crippen LogP contribution is -2.40. The normalized spacial score (nSPS) is 14.9. The summed E-state index contributed by atoms with van der Waals surface area (Å²) in [5.41, 5.74) is -1.10. The van der Waals surface area contributed by atoms with E-state index in [-0.39, 0.29) is 11.3 Å². The molecule has 0 amide bonds. The Labute approximate surface area is 197 Å². The number of hydrogen-bond acceptors (Lipinski definition) is 9. The summed E-state index contributed by atoms with van der Waals surface area (Å²) in [4.78, 5) is 27.4. The van der Waals surface area contributed by atoms with Gasteiger partial charge in [-0.25, -0.2) is 23.5 Å². The molecule has 2 aromatic rings. The number of hydrogen-bond donors (Lipinski definition) is 1. The molecule has 0 spiro atoms. The molecular weight excluding hydrogens is 446 g/mol. The van der Waals surface area contributed by atoms with E-state index in [1.807, 2.05) is 11.9 Å². The largest absolute Gasteiger partial charge is 0.528 e. The summed E-state index contributed by atoms with van der Waals surface area (Å²) in [5, 5.41) is 13.2. The monoisotopic (exact) mass is 474 g/mol. The van der Waals surface area contributed by atoms with Crippen molar-refractivity contribution in [2.24, 2.45) is 5.92 Å². The highest BCUT2D eigenvalue weighted by Crippen LogP contribution is 2.25. The van der Waals surface area contributed by atoms with Gasteiger partial charge in [-0.2, -0.15) is 5.26 Å². The molecule has 0 aliphatic carbocycles. The van der Waals surface area contributed by atoms with Crippen molar-refractivity contribution in [3.05, 3.63) is 41.7 Å². The Balaban J connectivity index is 1.54. The summed E-state index contributed by atoms with van der Waals surface area (Å²) in [6, 6.07) is 5.00. The Morgan fingerprint density at radius 2 is 1.94 bits per heavy atom. The van der Waals surface area contributed by atoms with E-state index in [9.17, 15) is 13.6 Å². The van der Waals surface area contributed by atoms with Crippen LogP contribution in [-0.4, -0.2) is 53.5 Å². The predicted octanol–water partition coefficient (Wildman–Crippen LogP) is 4.38. The maximum atomic E-state index is 14.2. The number of piperidine rings is 1. The zero-order chi connectivity index (χ0) is 24.9. The molecule has 1 aromatic heterocycles. The van der Waals surface area contributed by atoms with Gasteiger partial charge in [-0.3, -0.25) is 0 Å². The molecule has 34 heavy (non-hydrogen) atoms. The topological polar surface area (TPSA) is 104 Å². The standard InChI is InChI=1S/C23H28F2N6O3/c1-23(2,3)33-22(32)34-31-7-5-15(6-8-31)13-30(4)21-11-20(27-14-28-21)29-19-10-17(24)16(12-26)9-18(19)25/h9-11,14-15H,5-8,13H2,1-4H3,(H,27,28,29). The van der Waals surface area contributed by atoms with Crippen LogP contribution in [0.5, 0.6) is 0 Å². The highest BCUT2D eigenvalue weighted by Gasteiger charge is 2.26. The zero-order valence-electron chi connectivity index (χ0n) is 19.6. The van der Waals surface area contributed by atoms with Crippen molar-refractivity contribution in [1.82, 2.24) is 15.0 Å². The van der Waals surface area contributed by atoms with E-state index in [2.05, 4.69) is 15.3 Å². The van der Waals surface area contributed by atoms with Gasteiger partial charge in [0.1, 0.15) is 41.3 Å². The second kappa shape index (κ2) is 10.6. The molecule has 0 atom stereocenters. The Hall–Kier alpha value is -3.52. The molecule has 1 aliphatic heterocycles. The predicted molar refractivity (Wildman–Crippen MR) is 121 cm³/mol. The second-order valence-corrected chi connectivity index (χ2v) is 9.12. The van der Waals surface area contributed by atoms with Gasteiger partial charge in [-0.05, 0) is 45.6 Å². The van der Waals surface area contributed by atoms with Crippen molar-refractivity contribution in [3.8, 4) is 6.07 Å². The number of nitrogens with zero attached hydrogens (tertiary/aromatic N) is 5. The van der Waals surface area contributed by atoms with Gasteiger partial charge in [-0.15, -0.1) is 5.06 Å². The van der Waals surface area contributed by atoms with Gasteiger partial charge in [0.05, 0.1) is 11.3 Å². The Bertz CT molecular complexity index is 1060. The van der Waals surface area contributed by atoms with Crippen molar-refractivity contribution in [2.75, 3.05) is 36.9 Å². The lowest BCUT2D eigenvalue weighted by Gasteiger charge is -2.33. The number of aromatic nitrogens is 2. The average Bonchev–Trinajstić information content (AvgIpc) is 2.76. The van der Waals surface area contributed by atoms with E-state index in [4.69, 9.17) is 14.8 Å². The molecule has 0 unspecified atom stereocenters. The van der Waals surface area contributed by atoms with E-state index < -0.39 is 23.4 Å². The Morgan fingerprint density at radius 1 is 1.24 bits per heavy atom. The fourth-order valence-electron chi connectivity index (χ4n) is 3.53. The molecule has 1 N–H and O–H groups in total. The molecular formula is C23H28F2N6O3. The second-order valence-electron chi connectivity index (χ2n) is 9.12. The van der Waals surface area contributed by atoms with Crippen LogP contribution < -0.4 is 10.2 Å². The summed E-state index contributed by atoms with van der Waals surface area (Å²) in [6.07, 6.45) is 2.27. The van der Waals surface area contributed by atoms with Crippen LogP contribution in [0.15, 0.2) is 24.5 Å². The minimum Gasteiger partial charge on any atom is -0.427 e. The first-order chi connectivity index (χ1) is 16.0. The first-order valence-corrected chi connectivity index (χ1v) is 10.9. The molecule has 1 aliphatic rings. The quantitative estimate of drug-likeness (QED) is 0.611. The number of halogens is 2. The van der Waals surface area contributed by atoms with E-state index >= 15 is 0 Å². The van der Waals surface area contributed by atoms with Crippen LogP contribution in [0.2, 0.25) is 0 Å². The van der Waals surface area contributed by atoms with E-state index in [1.165, 1.54) is 6.33 Å². The van der Waals surface area contributed by atoms with E-state index in [0.29, 0.717) is 37.2 Å². The van der Waals surface area contributed by atoms with Crippen molar-refractivity contribution in [2.45, 2.75) is 39.2 Å². The fourth-order valence-corrected chi connectivity index (χ4v) is 3.53. The summed E-state index contributed by atoms with van der Waals surface area (Å²) in [7, 11) is 1.89. The van der Waals surface area contributed by atoms with Crippen LogP contribution in [0.3, 0.4) is 0 Å². The third kappa shape index (κ3) is 6.99. The Morgan fingerprint density at radius 3 is 2.59 bits per heavy atom. The number of nitriles is 1. The van der Waals surface area contributed by atoms with Gasteiger partial charge < -0.3 is 19.8 Å². The molecule has 0 bridgehead atoms. The number of carbonyl (C=O) groups excluding carboxylic acids is 1. The van der Waals surface area contributed by atoms with Gasteiger partial charge in [0.15, 0.2) is 0 Å². The minimum absolute atomic E-state index is 0.124. The third-order valence-corrected chi connectivity index (χ3v) is 5.18. The fraction of sp³-hybridized carbons (Fsp3) is 0.478. The molecule has 2 heterocycles. The number of ether oxygens (including phenoxy) is 1. The molecule has 9 nitrogen and oxygen atoms in total.